The summed E-state index contributed by atoms with van der Waals surface area (Å²) in [4.78, 5) is 37.4. The van der Waals surface area contributed by atoms with Crippen molar-refractivity contribution in [3.8, 4) is 0 Å². The van der Waals surface area contributed by atoms with E-state index in [4.69, 9.17) is 9.47 Å². The second kappa shape index (κ2) is 6.34. The summed E-state index contributed by atoms with van der Waals surface area (Å²) in [6, 6.07) is 0. The summed E-state index contributed by atoms with van der Waals surface area (Å²) >= 11 is 0. The maximum absolute atomic E-state index is 12.8. The molecule has 1 aliphatic heterocycles. The van der Waals surface area contributed by atoms with Gasteiger partial charge in [0.2, 0.25) is 0 Å². The number of fused-ring (bicyclic) bond motifs is 2. The molecule has 0 unspecified atom stereocenters. The minimum absolute atomic E-state index is 0.149. The molecule has 0 amide bonds. The fraction of sp³-hybridized carbons (Fsp3) is 0.650. The van der Waals surface area contributed by atoms with Gasteiger partial charge in [0, 0.05) is 12.0 Å². The van der Waals surface area contributed by atoms with Crippen molar-refractivity contribution in [2.24, 2.45) is 29.1 Å². The van der Waals surface area contributed by atoms with Crippen molar-refractivity contribution in [2.75, 3.05) is 0 Å². The van der Waals surface area contributed by atoms with E-state index in [9.17, 15) is 19.5 Å². The van der Waals surface area contributed by atoms with E-state index in [1.165, 1.54) is 12.2 Å². The number of ketones is 1. The Bertz CT molecular complexity index is 703. The lowest BCUT2D eigenvalue weighted by atomic mass is 9.66. The highest BCUT2D eigenvalue weighted by Gasteiger charge is 2.65. The molecule has 0 aromatic carbocycles. The van der Waals surface area contributed by atoms with E-state index in [0.29, 0.717) is 0 Å². The maximum Gasteiger partial charge on any atom is 0.330 e. The van der Waals surface area contributed by atoms with Gasteiger partial charge in [-0.3, -0.25) is 9.59 Å². The maximum atomic E-state index is 12.8. The Morgan fingerprint density at radius 1 is 1.31 bits per heavy atom. The molecule has 3 rings (SSSR count). The number of allylic oxidation sites excluding steroid dienone is 3. The molecule has 8 atom stereocenters. The van der Waals surface area contributed by atoms with Gasteiger partial charge in [-0.25, -0.2) is 4.79 Å². The zero-order valence-corrected chi connectivity index (χ0v) is 15.8. The van der Waals surface area contributed by atoms with Gasteiger partial charge in [-0.2, -0.15) is 0 Å². The molecular formula is C20H26O6. The topological polar surface area (TPSA) is 89.9 Å². The van der Waals surface area contributed by atoms with E-state index in [2.05, 4.69) is 0 Å². The average molecular weight is 362 g/mol. The minimum Gasteiger partial charge on any atom is -0.459 e. The van der Waals surface area contributed by atoms with Gasteiger partial charge in [-0.1, -0.05) is 25.5 Å². The van der Waals surface area contributed by atoms with E-state index >= 15 is 0 Å². The summed E-state index contributed by atoms with van der Waals surface area (Å²) in [5, 5.41) is 10.8. The lowest BCUT2D eigenvalue weighted by Crippen LogP contribution is -2.50. The Morgan fingerprint density at radius 2 is 1.96 bits per heavy atom. The van der Waals surface area contributed by atoms with Crippen molar-refractivity contribution in [3.63, 3.8) is 0 Å². The first-order chi connectivity index (χ1) is 12.1. The van der Waals surface area contributed by atoms with E-state index in [1.54, 1.807) is 33.8 Å². The summed E-state index contributed by atoms with van der Waals surface area (Å²) < 4.78 is 11.2. The quantitative estimate of drug-likeness (QED) is 0.595. The number of hydrogen-bond acceptors (Lipinski definition) is 6. The van der Waals surface area contributed by atoms with Gasteiger partial charge in [0.1, 0.15) is 12.2 Å². The SMILES string of the molecule is CC(C)=CC(=O)O[C@H]1[C@H]2[C@H](OC(=O)[C@H]2C)[C@H](O)[C@@H](C)[C@H]2C=CC(=O)[C@]21C. The molecule has 3 aliphatic rings. The number of carbonyl (C=O) groups excluding carboxylic acids is 3. The lowest BCUT2D eigenvalue weighted by Gasteiger charge is -2.40. The molecule has 0 aromatic rings. The highest BCUT2D eigenvalue weighted by atomic mass is 16.6. The van der Waals surface area contributed by atoms with Crippen molar-refractivity contribution >= 4 is 17.7 Å². The Balaban J connectivity index is 2.11. The fourth-order valence-electron chi connectivity index (χ4n) is 4.79. The highest BCUT2D eigenvalue weighted by Crippen LogP contribution is 2.54. The number of hydrogen-bond donors (Lipinski definition) is 1. The van der Waals surface area contributed by atoms with Gasteiger partial charge in [0.25, 0.3) is 0 Å². The van der Waals surface area contributed by atoms with Crippen LogP contribution < -0.4 is 0 Å². The van der Waals surface area contributed by atoms with Crippen LogP contribution in [0, 0.1) is 29.1 Å². The third-order valence-electron chi connectivity index (χ3n) is 6.29. The second-order valence-corrected chi connectivity index (χ2v) is 8.23. The van der Waals surface area contributed by atoms with Gasteiger partial charge in [-0.05, 0) is 38.7 Å². The zero-order chi connectivity index (χ0) is 19.4. The molecule has 0 spiro atoms. The number of esters is 2. The molecule has 0 radical (unpaired) electrons. The van der Waals surface area contributed by atoms with Crippen LogP contribution in [-0.2, 0) is 23.9 Å². The summed E-state index contributed by atoms with van der Waals surface area (Å²) in [6.45, 7) is 8.86. The first-order valence-corrected chi connectivity index (χ1v) is 9.05. The molecule has 1 heterocycles. The number of rotatable bonds is 2. The third kappa shape index (κ3) is 2.62. The van der Waals surface area contributed by atoms with Crippen LogP contribution in [0.4, 0.5) is 0 Å². The molecule has 1 N–H and O–H groups in total. The van der Waals surface area contributed by atoms with Gasteiger partial charge in [0.05, 0.1) is 17.4 Å². The van der Waals surface area contributed by atoms with Crippen LogP contribution in [0.3, 0.4) is 0 Å². The molecule has 6 nitrogen and oxygen atoms in total. The van der Waals surface area contributed by atoms with E-state index in [0.717, 1.165) is 5.57 Å². The summed E-state index contributed by atoms with van der Waals surface area (Å²) in [7, 11) is 0. The molecule has 2 fully saturated rings. The number of aliphatic hydroxyl groups excluding tert-OH is 1. The van der Waals surface area contributed by atoms with Crippen LogP contribution in [-0.4, -0.2) is 41.1 Å². The van der Waals surface area contributed by atoms with Crippen molar-refractivity contribution in [3.05, 3.63) is 23.8 Å². The van der Waals surface area contributed by atoms with Crippen LogP contribution in [0.2, 0.25) is 0 Å². The largest absolute Gasteiger partial charge is 0.459 e. The zero-order valence-electron chi connectivity index (χ0n) is 15.8. The monoisotopic (exact) mass is 362 g/mol. The fourth-order valence-corrected chi connectivity index (χ4v) is 4.79. The van der Waals surface area contributed by atoms with E-state index in [1.807, 2.05) is 6.92 Å². The van der Waals surface area contributed by atoms with Crippen molar-refractivity contribution in [1.82, 2.24) is 0 Å². The predicted octanol–water partition coefficient (Wildman–Crippen LogP) is 1.81. The Morgan fingerprint density at radius 3 is 2.58 bits per heavy atom. The van der Waals surface area contributed by atoms with Crippen molar-refractivity contribution in [2.45, 2.75) is 52.9 Å². The van der Waals surface area contributed by atoms with Crippen molar-refractivity contribution < 1.29 is 29.0 Å². The van der Waals surface area contributed by atoms with Gasteiger partial charge < -0.3 is 14.6 Å². The summed E-state index contributed by atoms with van der Waals surface area (Å²) in [6.07, 6.45) is 2.07. The van der Waals surface area contributed by atoms with Gasteiger partial charge in [0.15, 0.2) is 5.78 Å². The van der Waals surface area contributed by atoms with Crippen LogP contribution in [0.1, 0.15) is 34.6 Å². The molecule has 26 heavy (non-hydrogen) atoms. The van der Waals surface area contributed by atoms with Crippen molar-refractivity contribution in [1.29, 1.82) is 0 Å². The van der Waals surface area contributed by atoms with Crippen LogP contribution >= 0.6 is 0 Å². The van der Waals surface area contributed by atoms with Crippen LogP contribution in [0.25, 0.3) is 0 Å². The molecule has 142 valence electrons. The van der Waals surface area contributed by atoms with E-state index in [-0.39, 0.29) is 17.6 Å². The first kappa shape index (κ1) is 18.8. The highest BCUT2D eigenvalue weighted by molar-refractivity contribution is 5.98. The Kier molecular flexibility index (Phi) is 4.59. The Labute approximate surface area is 153 Å². The summed E-state index contributed by atoms with van der Waals surface area (Å²) in [5.74, 6) is -2.90. The molecule has 1 saturated carbocycles. The van der Waals surface area contributed by atoms with E-state index < -0.39 is 47.5 Å². The average Bonchev–Trinajstić information content (AvgIpc) is 2.99. The third-order valence-corrected chi connectivity index (χ3v) is 6.29. The first-order valence-electron chi connectivity index (χ1n) is 9.05. The number of carbonyl (C=O) groups is 3. The molecular weight excluding hydrogens is 336 g/mol. The normalized spacial score (nSPS) is 44.0. The molecule has 0 aromatic heterocycles. The minimum atomic E-state index is -1.03. The second-order valence-electron chi connectivity index (χ2n) is 8.23. The number of ether oxygens (including phenoxy) is 2. The summed E-state index contributed by atoms with van der Waals surface area (Å²) in [5.41, 5.74) is -0.259. The predicted molar refractivity (Wildman–Crippen MR) is 92.8 cm³/mol. The standard InChI is InChI=1S/C20H26O6/c1-9(2)8-14(22)25-18-15-11(4)19(24)26-17(15)16(23)10(3)12-6-7-13(21)20(12,18)5/h6-8,10-12,15-18,23H,1-5H3/t10-,11-,12+,15+,16+,17-,18-,20-/m0/s1. The Hall–Kier alpha value is -1.95. The molecule has 0 bridgehead atoms. The number of aliphatic hydroxyl groups is 1. The van der Waals surface area contributed by atoms with Gasteiger partial charge >= 0.3 is 11.9 Å². The van der Waals surface area contributed by atoms with Crippen LogP contribution in [0.15, 0.2) is 23.8 Å². The molecule has 2 aliphatic carbocycles. The smallest absolute Gasteiger partial charge is 0.330 e. The lowest BCUT2D eigenvalue weighted by molar-refractivity contribution is -0.162. The molecule has 1 saturated heterocycles. The van der Waals surface area contributed by atoms with Crippen LogP contribution in [0.5, 0.6) is 0 Å². The van der Waals surface area contributed by atoms with Gasteiger partial charge in [-0.15, -0.1) is 0 Å². The molecule has 6 heteroatoms.